The number of amides is 1. The molecule has 204 valence electrons. The van der Waals surface area contributed by atoms with Crippen LogP contribution in [0, 0.1) is 17.8 Å². The van der Waals surface area contributed by atoms with Crippen molar-refractivity contribution in [2.75, 3.05) is 0 Å². The van der Waals surface area contributed by atoms with Gasteiger partial charge in [0.25, 0.3) is 0 Å². The molecule has 0 bridgehead atoms. The van der Waals surface area contributed by atoms with Crippen LogP contribution in [0.3, 0.4) is 0 Å². The zero-order valence-electron chi connectivity index (χ0n) is 23.3. The fourth-order valence-corrected chi connectivity index (χ4v) is 5.08. The Kier molecular flexibility index (Phi) is 7.88. The molecule has 1 unspecified atom stereocenters. The van der Waals surface area contributed by atoms with Crippen LogP contribution in [0.4, 0.5) is 4.79 Å². The van der Waals surface area contributed by atoms with Gasteiger partial charge in [0.1, 0.15) is 22.9 Å². The fraction of sp³-hybridized carbons (Fsp3) is 0.690. The lowest BCUT2D eigenvalue weighted by molar-refractivity contribution is -0.274. The Morgan fingerprint density at radius 3 is 2.65 bits per heavy atom. The molecule has 1 saturated heterocycles. The number of aryl methyl sites for hydroxylation is 1. The van der Waals surface area contributed by atoms with Crippen molar-refractivity contribution < 1.29 is 28.2 Å². The van der Waals surface area contributed by atoms with E-state index in [0.717, 1.165) is 41.2 Å². The molecule has 1 saturated carbocycles. The number of fused-ring (bicyclic) bond motifs is 1. The first-order chi connectivity index (χ1) is 17.3. The molecular weight excluding hydrogens is 472 g/mol. The highest BCUT2D eigenvalue weighted by Gasteiger charge is 2.48. The average Bonchev–Trinajstić information content (AvgIpc) is 3.46. The summed E-state index contributed by atoms with van der Waals surface area (Å²) in [6, 6.07) is 3.43. The van der Waals surface area contributed by atoms with Gasteiger partial charge in [-0.2, -0.15) is 0 Å². The van der Waals surface area contributed by atoms with E-state index in [2.05, 4.69) is 30.2 Å². The van der Waals surface area contributed by atoms with Crippen molar-refractivity contribution in [1.29, 1.82) is 0 Å². The topological polar surface area (TPSA) is 99.9 Å². The second kappa shape index (κ2) is 10.6. The number of hydrogen-bond acceptors (Lipinski definition) is 7. The molecule has 4 rings (SSSR count). The number of carbonyl (C=O) groups is 2. The summed E-state index contributed by atoms with van der Waals surface area (Å²) in [7, 11) is 0. The maximum atomic E-state index is 13.4. The summed E-state index contributed by atoms with van der Waals surface area (Å²) in [6.07, 6.45) is 6.24. The van der Waals surface area contributed by atoms with Gasteiger partial charge in [-0.15, -0.1) is 0 Å². The van der Waals surface area contributed by atoms with E-state index in [4.69, 9.17) is 18.6 Å². The van der Waals surface area contributed by atoms with Gasteiger partial charge in [-0.3, -0.25) is 9.78 Å². The Morgan fingerprint density at radius 1 is 1.27 bits per heavy atom. The summed E-state index contributed by atoms with van der Waals surface area (Å²) in [5.74, 6) is -0.208. The first-order valence-electron chi connectivity index (χ1n) is 13.6. The van der Waals surface area contributed by atoms with Crippen LogP contribution in [-0.4, -0.2) is 40.6 Å². The van der Waals surface area contributed by atoms with Crippen molar-refractivity contribution in [3.8, 4) is 0 Å². The molecule has 1 amide bonds. The molecule has 2 aromatic heterocycles. The summed E-state index contributed by atoms with van der Waals surface area (Å²) < 4.78 is 23.6. The van der Waals surface area contributed by atoms with Gasteiger partial charge < -0.3 is 23.9 Å². The smallest absolute Gasteiger partial charge is 0.407 e. The van der Waals surface area contributed by atoms with Gasteiger partial charge >= 0.3 is 12.1 Å². The molecular formula is C29H42N2O6. The maximum absolute atomic E-state index is 13.4. The molecule has 1 N–H and O–H groups in total. The van der Waals surface area contributed by atoms with Gasteiger partial charge in [-0.05, 0) is 57.6 Å². The second-order valence-electron chi connectivity index (χ2n) is 12.5. The number of carbonyl (C=O) groups excluding carboxylic acids is 2. The van der Waals surface area contributed by atoms with E-state index in [-0.39, 0.29) is 5.92 Å². The Morgan fingerprint density at radius 2 is 2.00 bits per heavy atom. The maximum Gasteiger partial charge on any atom is 0.407 e. The molecule has 2 fully saturated rings. The van der Waals surface area contributed by atoms with Crippen LogP contribution in [0.2, 0.25) is 0 Å². The highest BCUT2D eigenvalue weighted by molar-refractivity contribution is 5.81. The zero-order chi connectivity index (χ0) is 27.0. The second-order valence-corrected chi connectivity index (χ2v) is 12.5. The van der Waals surface area contributed by atoms with Gasteiger partial charge in [0.2, 0.25) is 5.79 Å². The molecule has 0 spiro atoms. The summed E-state index contributed by atoms with van der Waals surface area (Å²) in [5.41, 5.74) is 0.936. The number of rotatable bonds is 9. The number of nitrogens with one attached hydrogen (secondary N) is 1. The molecule has 2 aromatic rings. The van der Waals surface area contributed by atoms with Crippen LogP contribution in [0.25, 0.3) is 11.0 Å². The molecule has 8 nitrogen and oxygen atoms in total. The van der Waals surface area contributed by atoms with Gasteiger partial charge in [0.05, 0.1) is 11.8 Å². The standard InChI is InChI=1S/C29H42N2O6/c1-17(2)14-22(31-27(33)37-28(3,4)5)25-24(35-29(6,7)36-26(25)32)16-21-20-15-19(11-10-18-8-9-18)34-23(20)12-13-30-21/h12-13,15,17-18,22,24-25H,8-11,14,16H2,1-7H3,(H,31,33)/t22-,24?,25-/m0/s1. The SMILES string of the molecule is CC(C)C[C@H](NC(=O)OC(C)(C)C)[C@@H]1C(=O)OC(C)(C)OC1Cc1nccc2oc(CCC3CC3)cc12. The van der Waals surface area contributed by atoms with Crippen LogP contribution >= 0.6 is 0 Å². The van der Waals surface area contributed by atoms with Crippen molar-refractivity contribution in [2.45, 2.75) is 111 Å². The van der Waals surface area contributed by atoms with E-state index in [1.807, 2.05) is 26.8 Å². The van der Waals surface area contributed by atoms with E-state index in [0.29, 0.717) is 12.8 Å². The van der Waals surface area contributed by atoms with Crippen molar-refractivity contribution in [2.24, 2.45) is 17.8 Å². The number of aromatic nitrogens is 1. The number of cyclic esters (lactones) is 1. The van der Waals surface area contributed by atoms with E-state index in [1.165, 1.54) is 12.8 Å². The average molecular weight is 515 g/mol. The van der Waals surface area contributed by atoms with Crippen LogP contribution in [0.15, 0.2) is 22.7 Å². The van der Waals surface area contributed by atoms with E-state index < -0.39 is 41.5 Å². The monoisotopic (exact) mass is 514 g/mol. The quantitative estimate of drug-likeness (QED) is 0.413. The third-order valence-electron chi connectivity index (χ3n) is 6.78. The zero-order valence-corrected chi connectivity index (χ0v) is 23.3. The third-order valence-corrected chi connectivity index (χ3v) is 6.78. The minimum absolute atomic E-state index is 0.216. The Labute approximate surface area is 219 Å². The Bertz CT molecular complexity index is 1110. The van der Waals surface area contributed by atoms with Crippen molar-refractivity contribution in [1.82, 2.24) is 10.3 Å². The molecule has 0 radical (unpaired) electrons. The molecule has 1 aliphatic carbocycles. The summed E-state index contributed by atoms with van der Waals surface area (Å²) >= 11 is 0. The van der Waals surface area contributed by atoms with Crippen molar-refractivity contribution in [3.63, 3.8) is 0 Å². The third kappa shape index (κ3) is 7.46. The minimum Gasteiger partial charge on any atom is -0.461 e. The van der Waals surface area contributed by atoms with Crippen molar-refractivity contribution >= 4 is 23.0 Å². The largest absolute Gasteiger partial charge is 0.461 e. The summed E-state index contributed by atoms with van der Waals surface area (Å²) in [4.78, 5) is 30.8. The molecule has 8 heteroatoms. The number of nitrogens with zero attached hydrogens (tertiary/aromatic N) is 1. The molecule has 2 aliphatic rings. The molecule has 0 aromatic carbocycles. The van der Waals surface area contributed by atoms with Crippen LogP contribution in [0.5, 0.6) is 0 Å². The lowest BCUT2D eigenvalue weighted by Gasteiger charge is -2.43. The van der Waals surface area contributed by atoms with Gasteiger partial charge in [0.15, 0.2) is 0 Å². The number of ether oxygens (including phenoxy) is 3. The molecule has 3 atom stereocenters. The van der Waals surface area contributed by atoms with Gasteiger partial charge in [-0.25, -0.2) is 4.79 Å². The predicted octanol–water partition coefficient (Wildman–Crippen LogP) is 5.95. The number of furan rings is 1. The molecule has 37 heavy (non-hydrogen) atoms. The van der Waals surface area contributed by atoms with E-state index in [9.17, 15) is 9.59 Å². The fourth-order valence-electron chi connectivity index (χ4n) is 5.08. The lowest BCUT2D eigenvalue weighted by atomic mass is 9.84. The number of alkyl carbamates (subject to hydrolysis) is 1. The van der Waals surface area contributed by atoms with Crippen molar-refractivity contribution in [3.05, 3.63) is 29.8 Å². The van der Waals surface area contributed by atoms with E-state index >= 15 is 0 Å². The van der Waals surface area contributed by atoms with Crippen LogP contribution in [0.1, 0.15) is 85.6 Å². The summed E-state index contributed by atoms with van der Waals surface area (Å²) in [6.45, 7) is 13.0. The Hall–Kier alpha value is -2.61. The number of pyridine rings is 1. The van der Waals surface area contributed by atoms with Gasteiger partial charge in [0, 0.05) is 44.3 Å². The normalized spacial score (nSPS) is 22.6. The Balaban J connectivity index is 1.61. The van der Waals surface area contributed by atoms with E-state index in [1.54, 1.807) is 20.0 Å². The summed E-state index contributed by atoms with van der Waals surface area (Å²) in [5, 5.41) is 3.88. The minimum atomic E-state index is -1.09. The lowest BCUT2D eigenvalue weighted by Crippen LogP contribution is -2.57. The first kappa shape index (κ1) is 27.4. The highest BCUT2D eigenvalue weighted by atomic mass is 16.7. The predicted molar refractivity (Wildman–Crippen MR) is 140 cm³/mol. The first-order valence-corrected chi connectivity index (χ1v) is 13.6. The highest BCUT2D eigenvalue weighted by Crippen LogP contribution is 2.36. The number of esters is 1. The van der Waals surface area contributed by atoms with Crippen LogP contribution < -0.4 is 5.32 Å². The van der Waals surface area contributed by atoms with Gasteiger partial charge in [-0.1, -0.05) is 26.7 Å². The number of hydrogen-bond donors (Lipinski definition) is 1. The molecule has 1 aliphatic heterocycles. The van der Waals surface area contributed by atoms with Crippen LogP contribution in [-0.2, 0) is 31.8 Å². The molecule has 3 heterocycles.